The van der Waals surface area contributed by atoms with Crippen molar-refractivity contribution in [2.75, 3.05) is 39.8 Å². The number of carbonyl (C=O) groups is 1. The van der Waals surface area contributed by atoms with E-state index in [1.165, 1.54) is 0 Å². The van der Waals surface area contributed by atoms with Gasteiger partial charge in [-0.3, -0.25) is 9.69 Å². The van der Waals surface area contributed by atoms with E-state index in [1.807, 2.05) is 43.9 Å². The second-order valence-corrected chi connectivity index (χ2v) is 6.58. The van der Waals surface area contributed by atoms with Gasteiger partial charge in [-0.05, 0) is 32.9 Å². The molecule has 1 N–H and O–H groups in total. The van der Waals surface area contributed by atoms with Gasteiger partial charge in [-0.25, -0.2) is 0 Å². The Kier molecular flexibility index (Phi) is 5.08. The maximum absolute atomic E-state index is 12.7. The third-order valence-corrected chi connectivity index (χ3v) is 3.86. The molecule has 1 fully saturated rings. The maximum Gasteiger partial charge on any atom is 0.257 e. The molecule has 1 amide bonds. The lowest BCUT2D eigenvalue weighted by Gasteiger charge is -2.37. The van der Waals surface area contributed by atoms with Crippen LogP contribution in [0.25, 0.3) is 0 Å². The molecule has 22 heavy (non-hydrogen) atoms. The average molecular weight is 306 g/mol. The van der Waals surface area contributed by atoms with Crippen molar-refractivity contribution in [2.24, 2.45) is 0 Å². The molecule has 0 radical (unpaired) electrons. The third-order valence-electron chi connectivity index (χ3n) is 3.86. The maximum atomic E-state index is 12.7. The van der Waals surface area contributed by atoms with Crippen molar-refractivity contribution in [1.82, 2.24) is 9.80 Å². The standard InChI is InChI=1S/C17H26N2O3/c1-13-5-6-15(22-4)14(11-13)16(20)19-9-7-18(8-10-19)12-17(2,3)21/h5-6,11,21H,7-10,12H2,1-4H3. The number of carbonyl (C=O) groups excluding carboxylic acids is 1. The molecule has 0 saturated carbocycles. The predicted molar refractivity (Wildman–Crippen MR) is 86.4 cm³/mol. The number of hydrogen-bond donors (Lipinski definition) is 1. The zero-order chi connectivity index (χ0) is 16.3. The van der Waals surface area contributed by atoms with E-state index in [0.717, 1.165) is 18.7 Å². The highest BCUT2D eigenvalue weighted by molar-refractivity contribution is 5.97. The summed E-state index contributed by atoms with van der Waals surface area (Å²) in [6.45, 7) is 9.12. The van der Waals surface area contributed by atoms with Crippen molar-refractivity contribution < 1.29 is 14.6 Å². The van der Waals surface area contributed by atoms with E-state index < -0.39 is 5.60 Å². The highest BCUT2D eigenvalue weighted by atomic mass is 16.5. The molecule has 0 aliphatic carbocycles. The van der Waals surface area contributed by atoms with E-state index in [-0.39, 0.29) is 5.91 Å². The normalized spacial score (nSPS) is 16.7. The second-order valence-electron chi connectivity index (χ2n) is 6.58. The van der Waals surface area contributed by atoms with Gasteiger partial charge in [0.25, 0.3) is 5.91 Å². The number of nitrogens with zero attached hydrogens (tertiary/aromatic N) is 2. The summed E-state index contributed by atoms with van der Waals surface area (Å²) in [6.07, 6.45) is 0. The zero-order valence-electron chi connectivity index (χ0n) is 13.9. The first-order valence-electron chi connectivity index (χ1n) is 7.69. The highest BCUT2D eigenvalue weighted by Gasteiger charge is 2.26. The monoisotopic (exact) mass is 306 g/mol. The van der Waals surface area contributed by atoms with Gasteiger partial charge in [0.1, 0.15) is 5.75 Å². The van der Waals surface area contributed by atoms with E-state index in [1.54, 1.807) is 7.11 Å². The molecule has 0 spiro atoms. The zero-order valence-corrected chi connectivity index (χ0v) is 13.9. The van der Waals surface area contributed by atoms with E-state index in [9.17, 15) is 9.90 Å². The molecule has 5 nitrogen and oxygen atoms in total. The summed E-state index contributed by atoms with van der Waals surface area (Å²) in [6, 6.07) is 5.66. The molecule has 1 aromatic carbocycles. The van der Waals surface area contributed by atoms with Crippen LogP contribution in [-0.4, -0.2) is 66.2 Å². The Balaban J connectivity index is 2.02. The largest absolute Gasteiger partial charge is 0.496 e. The molecule has 2 rings (SSSR count). The van der Waals surface area contributed by atoms with Gasteiger partial charge < -0.3 is 14.7 Å². The van der Waals surface area contributed by atoms with Crippen molar-refractivity contribution in [3.8, 4) is 5.75 Å². The smallest absolute Gasteiger partial charge is 0.257 e. The number of rotatable bonds is 4. The minimum Gasteiger partial charge on any atom is -0.496 e. The average Bonchev–Trinajstić information content (AvgIpc) is 2.45. The fourth-order valence-electron chi connectivity index (χ4n) is 2.82. The Morgan fingerprint density at radius 2 is 1.91 bits per heavy atom. The third kappa shape index (κ3) is 4.21. The van der Waals surface area contributed by atoms with Crippen LogP contribution in [0.15, 0.2) is 18.2 Å². The van der Waals surface area contributed by atoms with Crippen LogP contribution in [0.3, 0.4) is 0 Å². The van der Waals surface area contributed by atoms with Gasteiger partial charge in [-0.2, -0.15) is 0 Å². The summed E-state index contributed by atoms with van der Waals surface area (Å²) in [5, 5.41) is 9.88. The lowest BCUT2D eigenvalue weighted by molar-refractivity contribution is 0.0178. The number of amides is 1. The first-order chi connectivity index (χ1) is 10.3. The molecule has 1 aromatic rings. The molecular weight excluding hydrogens is 280 g/mol. The highest BCUT2D eigenvalue weighted by Crippen LogP contribution is 2.22. The van der Waals surface area contributed by atoms with Gasteiger partial charge in [0.15, 0.2) is 0 Å². The molecule has 122 valence electrons. The summed E-state index contributed by atoms with van der Waals surface area (Å²) in [4.78, 5) is 16.8. The number of hydrogen-bond acceptors (Lipinski definition) is 4. The molecule has 1 saturated heterocycles. The topological polar surface area (TPSA) is 53.0 Å². The molecule has 1 heterocycles. The molecular formula is C17H26N2O3. The van der Waals surface area contributed by atoms with Crippen LogP contribution < -0.4 is 4.74 Å². The molecule has 0 atom stereocenters. The molecule has 0 bridgehead atoms. The van der Waals surface area contributed by atoms with Crippen LogP contribution in [0.1, 0.15) is 29.8 Å². The minimum atomic E-state index is -0.702. The van der Waals surface area contributed by atoms with Crippen molar-refractivity contribution in [2.45, 2.75) is 26.4 Å². The van der Waals surface area contributed by atoms with E-state index in [4.69, 9.17) is 4.74 Å². The van der Waals surface area contributed by atoms with E-state index in [0.29, 0.717) is 30.9 Å². The molecule has 5 heteroatoms. The lowest BCUT2D eigenvalue weighted by Crippen LogP contribution is -2.52. The van der Waals surface area contributed by atoms with Crippen molar-refractivity contribution >= 4 is 5.91 Å². The SMILES string of the molecule is COc1ccc(C)cc1C(=O)N1CCN(CC(C)(C)O)CC1. The predicted octanol–water partition coefficient (Wildman–Crippen LogP) is 1.53. The lowest BCUT2D eigenvalue weighted by atomic mass is 10.1. The number of aliphatic hydroxyl groups is 1. The van der Waals surface area contributed by atoms with Crippen molar-refractivity contribution in [3.05, 3.63) is 29.3 Å². The Morgan fingerprint density at radius 1 is 1.27 bits per heavy atom. The number of ether oxygens (including phenoxy) is 1. The number of β-amino-alcohol motifs (C(OH)–C–C–N with tert-alkyl or cyclic N) is 1. The number of benzene rings is 1. The summed E-state index contributed by atoms with van der Waals surface area (Å²) in [5.41, 5.74) is 0.967. The fourth-order valence-corrected chi connectivity index (χ4v) is 2.82. The van der Waals surface area contributed by atoms with Gasteiger partial charge in [0.2, 0.25) is 0 Å². The Labute approximate surface area is 132 Å². The van der Waals surface area contributed by atoms with Gasteiger partial charge in [-0.15, -0.1) is 0 Å². The Hall–Kier alpha value is -1.59. The van der Waals surface area contributed by atoms with Crippen LogP contribution in [-0.2, 0) is 0 Å². The van der Waals surface area contributed by atoms with Crippen LogP contribution in [0, 0.1) is 6.92 Å². The Morgan fingerprint density at radius 3 is 2.45 bits per heavy atom. The summed E-state index contributed by atoms with van der Waals surface area (Å²) in [7, 11) is 1.59. The van der Waals surface area contributed by atoms with Crippen LogP contribution in [0.2, 0.25) is 0 Å². The number of piperazine rings is 1. The van der Waals surface area contributed by atoms with Gasteiger partial charge in [0.05, 0.1) is 18.3 Å². The van der Waals surface area contributed by atoms with Gasteiger partial charge in [-0.1, -0.05) is 11.6 Å². The van der Waals surface area contributed by atoms with Gasteiger partial charge in [0, 0.05) is 32.7 Å². The Bertz CT molecular complexity index is 529. The van der Waals surface area contributed by atoms with E-state index >= 15 is 0 Å². The van der Waals surface area contributed by atoms with Crippen LogP contribution in [0.5, 0.6) is 5.75 Å². The second kappa shape index (κ2) is 6.67. The molecule has 1 aliphatic rings. The number of aryl methyl sites for hydroxylation is 1. The fraction of sp³-hybridized carbons (Fsp3) is 0.588. The molecule has 1 aliphatic heterocycles. The van der Waals surface area contributed by atoms with Crippen molar-refractivity contribution in [3.63, 3.8) is 0 Å². The summed E-state index contributed by atoms with van der Waals surface area (Å²) < 4.78 is 5.31. The molecule has 0 unspecified atom stereocenters. The summed E-state index contributed by atoms with van der Waals surface area (Å²) in [5.74, 6) is 0.637. The molecule has 0 aromatic heterocycles. The van der Waals surface area contributed by atoms with Gasteiger partial charge >= 0.3 is 0 Å². The quantitative estimate of drug-likeness (QED) is 0.916. The first-order valence-corrected chi connectivity index (χ1v) is 7.69. The number of methoxy groups -OCH3 is 1. The minimum absolute atomic E-state index is 0.0171. The van der Waals surface area contributed by atoms with E-state index in [2.05, 4.69) is 4.90 Å². The van der Waals surface area contributed by atoms with Crippen LogP contribution >= 0.6 is 0 Å². The van der Waals surface area contributed by atoms with Crippen molar-refractivity contribution in [1.29, 1.82) is 0 Å². The first kappa shape index (κ1) is 16.8. The van der Waals surface area contributed by atoms with Crippen LogP contribution in [0.4, 0.5) is 0 Å². The summed E-state index contributed by atoms with van der Waals surface area (Å²) >= 11 is 0.